The molecule has 0 bridgehead atoms. The molecule has 4 rings (SSSR count). The third-order valence-electron chi connectivity index (χ3n) is 4.53. The van der Waals surface area contributed by atoms with Gasteiger partial charge in [-0.1, -0.05) is 6.07 Å². The number of aryl methyl sites for hydroxylation is 5. The van der Waals surface area contributed by atoms with Gasteiger partial charge in [0, 0.05) is 32.2 Å². The predicted octanol–water partition coefficient (Wildman–Crippen LogP) is 4.71. The van der Waals surface area contributed by atoms with E-state index in [1.807, 2.05) is 43.7 Å². The molecule has 120 valence electrons. The Hall–Kier alpha value is -2.68. The van der Waals surface area contributed by atoms with E-state index in [1.165, 1.54) is 0 Å². The van der Waals surface area contributed by atoms with Gasteiger partial charge in [-0.25, -0.2) is 9.55 Å². The average Bonchev–Trinajstić information content (AvgIpc) is 2.93. The Bertz CT molecular complexity index is 1210. The molecule has 0 atom stereocenters. The van der Waals surface area contributed by atoms with Crippen LogP contribution >= 0.6 is 0 Å². The molecule has 0 N–H and O–H groups in total. The number of hydrogen-bond donors (Lipinski definition) is 0. The zero-order chi connectivity index (χ0) is 19.5. The lowest BCUT2D eigenvalue weighted by atomic mass is 9.97. The summed E-state index contributed by atoms with van der Waals surface area (Å²) in [6, 6.07) is 9.70. The summed E-state index contributed by atoms with van der Waals surface area (Å²) in [7, 11) is 1.86. The maximum absolute atomic E-state index is 7.63. The van der Waals surface area contributed by atoms with Crippen molar-refractivity contribution in [3.05, 3.63) is 58.9 Å². The van der Waals surface area contributed by atoms with Crippen LogP contribution in [0.5, 0.6) is 0 Å². The summed E-state index contributed by atoms with van der Waals surface area (Å²) >= 11 is 0. The van der Waals surface area contributed by atoms with Crippen LogP contribution in [0.2, 0.25) is 0 Å². The number of aromatic nitrogens is 2. The minimum Gasteiger partial charge on any atom is -0.437 e. The largest absolute Gasteiger partial charge is 0.437 e. The fraction of sp³-hybridized carbons (Fsp3) is 0.238. The van der Waals surface area contributed by atoms with Gasteiger partial charge < -0.3 is 4.42 Å². The Balaban J connectivity index is 2.06. The molecule has 4 aromatic rings. The van der Waals surface area contributed by atoms with Gasteiger partial charge in [0.05, 0.1) is 5.56 Å². The summed E-state index contributed by atoms with van der Waals surface area (Å²) in [6.45, 7) is 3.94. The lowest BCUT2D eigenvalue weighted by Gasteiger charge is -2.08. The zero-order valence-electron chi connectivity index (χ0n) is 17.3. The van der Waals surface area contributed by atoms with Crippen LogP contribution in [0, 0.1) is 27.6 Å². The fourth-order valence-electron chi connectivity index (χ4n) is 3.47. The van der Waals surface area contributed by atoms with Crippen molar-refractivity contribution in [1.29, 1.82) is 0 Å². The van der Waals surface area contributed by atoms with Gasteiger partial charge in [-0.05, 0) is 56.9 Å². The van der Waals surface area contributed by atoms with Crippen molar-refractivity contribution in [2.45, 2.75) is 27.6 Å². The van der Waals surface area contributed by atoms with Crippen LogP contribution in [0.1, 0.15) is 26.5 Å². The molecule has 0 saturated carbocycles. The first kappa shape index (κ1) is 11.8. The highest BCUT2D eigenvalue weighted by Gasteiger charge is 2.22. The Kier molecular flexibility index (Phi) is 2.54. The maximum atomic E-state index is 7.63. The number of rotatable bonds is 1. The molecule has 3 heteroatoms. The van der Waals surface area contributed by atoms with Crippen LogP contribution in [0.25, 0.3) is 33.3 Å². The minimum absolute atomic E-state index is 0.316. The van der Waals surface area contributed by atoms with Gasteiger partial charge in [0.15, 0.2) is 11.8 Å². The van der Waals surface area contributed by atoms with Crippen molar-refractivity contribution in [1.82, 2.24) is 4.98 Å². The molecule has 0 spiro atoms. The first-order chi connectivity index (χ1) is 12.7. The number of hydrogen-bond acceptors (Lipinski definition) is 2. The second kappa shape index (κ2) is 5.17. The Morgan fingerprint density at radius 2 is 1.92 bits per heavy atom. The van der Waals surface area contributed by atoms with Gasteiger partial charge in [-0.3, -0.25) is 0 Å². The van der Waals surface area contributed by atoms with Crippen molar-refractivity contribution < 1.29 is 13.1 Å². The molecule has 0 aliphatic rings. The quantitative estimate of drug-likeness (QED) is 0.476. The van der Waals surface area contributed by atoms with Crippen LogP contribution in [-0.4, -0.2) is 4.98 Å². The topological polar surface area (TPSA) is 29.9 Å². The SMILES string of the molecule is [2H]C([2H])([2H])c1ccc(-c2c(C)cc(C)c3c2oc2nc(C)ccc23)[n+](C)c1. The molecular weight excluding hydrogens is 296 g/mol. The van der Waals surface area contributed by atoms with E-state index in [9.17, 15) is 0 Å². The van der Waals surface area contributed by atoms with E-state index in [1.54, 1.807) is 12.3 Å². The van der Waals surface area contributed by atoms with E-state index < -0.39 is 6.85 Å². The smallest absolute Gasteiger partial charge is 0.227 e. The van der Waals surface area contributed by atoms with E-state index in [0.717, 1.165) is 44.4 Å². The molecule has 0 aliphatic heterocycles. The number of fused-ring (bicyclic) bond motifs is 3. The lowest BCUT2D eigenvalue weighted by molar-refractivity contribution is -0.660. The third-order valence-corrected chi connectivity index (χ3v) is 4.53. The summed E-state index contributed by atoms with van der Waals surface area (Å²) in [5.41, 5.74) is 6.72. The highest BCUT2D eigenvalue weighted by molar-refractivity contribution is 6.10. The lowest BCUT2D eigenvalue weighted by Crippen LogP contribution is -2.31. The van der Waals surface area contributed by atoms with Crippen molar-refractivity contribution >= 4 is 22.1 Å². The molecule has 3 nitrogen and oxygen atoms in total. The van der Waals surface area contributed by atoms with Crippen LogP contribution < -0.4 is 4.57 Å². The van der Waals surface area contributed by atoms with Crippen molar-refractivity contribution in [2.75, 3.05) is 0 Å². The average molecular weight is 320 g/mol. The molecule has 0 aliphatic carbocycles. The molecule has 24 heavy (non-hydrogen) atoms. The first-order valence-electron chi connectivity index (χ1n) is 9.47. The summed E-state index contributed by atoms with van der Waals surface area (Å²) in [5.74, 6) is 0. The van der Waals surface area contributed by atoms with E-state index in [0.29, 0.717) is 11.3 Å². The molecular formula is C21H21N2O+. The molecule has 0 unspecified atom stereocenters. The summed E-state index contributed by atoms with van der Waals surface area (Å²) in [6.07, 6.45) is 1.67. The van der Waals surface area contributed by atoms with E-state index in [4.69, 9.17) is 8.53 Å². The predicted molar refractivity (Wildman–Crippen MR) is 97.1 cm³/mol. The van der Waals surface area contributed by atoms with Crippen LogP contribution in [0.4, 0.5) is 0 Å². The fourth-order valence-corrected chi connectivity index (χ4v) is 3.47. The maximum Gasteiger partial charge on any atom is 0.227 e. The molecule has 3 aromatic heterocycles. The van der Waals surface area contributed by atoms with Gasteiger partial charge in [0.1, 0.15) is 7.05 Å². The van der Waals surface area contributed by atoms with E-state index >= 15 is 0 Å². The third kappa shape index (κ3) is 2.12. The number of benzene rings is 1. The summed E-state index contributed by atoms with van der Waals surface area (Å²) in [4.78, 5) is 4.54. The molecule has 1 aromatic carbocycles. The number of pyridine rings is 2. The van der Waals surface area contributed by atoms with E-state index in [-0.39, 0.29) is 0 Å². The van der Waals surface area contributed by atoms with Crippen molar-refractivity contribution in [3.8, 4) is 11.3 Å². The zero-order valence-corrected chi connectivity index (χ0v) is 14.3. The summed E-state index contributed by atoms with van der Waals surface area (Å²) < 4.78 is 30.9. The number of nitrogens with zero attached hydrogens (tertiary/aromatic N) is 2. The molecule has 0 amide bonds. The molecule has 0 radical (unpaired) electrons. The van der Waals surface area contributed by atoms with Crippen LogP contribution in [-0.2, 0) is 7.05 Å². The highest BCUT2D eigenvalue weighted by Crippen LogP contribution is 2.38. The Morgan fingerprint density at radius 3 is 2.67 bits per heavy atom. The van der Waals surface area contributed by atoms with Crippen molar-refractivity contribution in [3.63, 3.8) is 0 Å². The van der Waals surface area contributed by atoms with Crippen molar-refractivity contribution in [2.24, 2.45) is 7.05 Å². The van der Waals surface area contributed by atoms with Gasteiger partial charge in [-0.15, -0.1) is 0 Å². The minimum atomic E-state index is -2.13. The van der Waals surface area contributed by atoms with Gasteiger partial charge >= 0.3 is 0 Å². The monoisotopic (exact) mass is 320 g/mol. The Morgan fingerprint density at radius 1 is 1.08 bits per heavy atom. The summed E-state index contributed by atoms with van der Waals surface area (Å²) in [5, 5.41) is 2.05. The van der Waals surface area contributed by atoms with Gasteiger partial charge in [0.2, 0.25) is 11.4 Å². The molecule has 0 saturated heterocycles. The highest BCUT2D eigenvalue weighted by atomic mass is 16.3. The standard InChI is InChI=1S/C21H21N2O/c1-12-6-9-17(23(5)11-12)19-14(3)10-13(2)18-16-8-7-15(4)22-21(16)24-20(18)19/h6-11H,1-5H3/q+1/i1D3. The van der Waals surface area contributed by atoms with Gasteiger partial charge in [0.25, 0.3) is 0 Å². The second-order valence-electron chi connectivity index (χ2n) is 6.41. The second-order valence-corrected chi connectivity index (χ2v) is 6.41. The Labute approximate surface area is 145 Å². The van der Waals surface area contributed by atoms with Gasteiger partial charge in [-0.2, -0.15) is 0 Å². The number of furan rings is 1. The molecule has 3 heterocycles. The van der Waals surface area contributed by atoms with Crippen LogP contribution in [0.3, 0.4) is 0 Å². The van der Waals surface area contributed by atoms with E-state index in [2.05, 4.69) is 18.0 Å². The van der Waals surface area contributed by atoms with Crippen LogP contribution in [0.15, 0.2) is 40.9 Å². The first-order valence-corrected chi connectivity index (χ1v) is 7.97. The molecule has 0 fully saturated rings. The normalized spacial score (nSPS) is 13.9.